The van der Waals surface area contributed by atoms with E-state index in [2.05, 4.69) is 45.0 Å². The van der Waals surface area contributed by atoms with Crippen LogP contribution in [0.5, 0.6) is 5.75 Å². The van der Waals surface area contributed by atoms with Gasteiger partial charge in [-0.05, 0) is 36.6 Å². The Kier molecular flexibility index (Phi) is 7.68. The van der Waals surface area contributed by atoms with Crippen LogP contribution in [-0.2, 0) is 9.53 Å². The highest BCUT2D eigenvalue weighted by atomic mass is 16.5. The van der Waals surface area contributed by atoms with Crippen LogP contribution in [0.15, 0.2) is 48.5 Å². The molecule has 7 heteroatoms. The highest BCUT2D eigenvalue weighted by molar-refractivity contribution is 5.78. The molecule has 188 valence electrons. The van der Waals surface area contributed by atoms with Crippen molar-refractivity contribution >= 4 is 5.91 Å². The average Bonchev–Trinajstić information content (AvgIpc) is 2.88. The van der Waals surface area contributed by atoms with Gasteiger partial charge < -0.3 is 19.5 Å². The van der Waals surface area contributed by atoms with E-state index in [1.165, 1.54) is 5.56 Å². The van der Waals surface area contributed by atoms with Crippen molar-refractivity contribution in [1.82, 2.24) is 14.7 Å². The maximum absolute atomic E-state index is 13.2. The number of nitrogens with zero attached hydrogens (tertiary/aromatic N) is 3. The Morgan fingerprint density at radius 1 is 1.03 bits per heavy atom. The maximum atomic E-state index is 13.2. The topological polar surface area (TPSA) is 65.5 Å². The summed E-state index contributed by atoms with van der Waals surface area (Å²) in [4.78, 5) is 19.9. The third kappa shape index (κ3) is 5.09. The molecule has 3 aliphatic heterocycles. The minimum atomic E-state index is 0.103. The molecule has 0 spiro atoms. The van der Waals surface area contributed by atoms with Gasteiger partial charge in [0.05, 0.1) is 33.5 Å². The molecular weight excluding hydrogens is 442 g/mol. The fourth-order valence-electron chi connectivity index (χ4n) is 5.99. The highest BCUT2D eigenvalue weighted by Crippen LogP contribution is 2.42. The summed E-state index contributed by atoms with van der Waals surface area (Å²) in [6.45, 7) is 6.18. The molecule has 1 N–H and O–H groups in total. The van der Waals surface area contributed by atoms with Crippen LogP contribution in [-0.4, -0.2) is 104 Å². The summed E-state index contributed by atoms with van der Waals surface area (Å²) in [5, 5.41) is 10.3. The summed E-state index contributed by atoms with van der Waals surface area (Å²) in [7, 11) is 1.70. The van der Waals surface area contributed by atoms with Gasteiger partial charge >= 0.3 is 0 Å². The second-order valence-electron chi connectivity index (χ2n) is 9.84. The van der Waals surface area contributed by atoms with E-state index < -0.39 is 0 Å². The Morgan fingerprint density at radius 3 is 2.51 bits per heavy atom. The minimum Gasteiger partial charge on any atom is -0.496 e. The SMILES string of the molecule is COc1ccccc1-c1ccc([C@H]2[C@@H](CO)N3CCCCN(C(=O)CN4CCOCC4)C[C@H]23)cc1. The van der Waals surface area contributed by atoms with Gasteiger partial charge in [0.1, 0.15) is 5.75 Å². The monoisotopic (exact) mass is 479 g/mol. The molecule has 2 aromatic carbocycles. The standard InChI is InChI=1S/C28H37N3O4/c1-34-26-7-3-2-6-23(26)21-8-10-22(11-9-21)28-24-18-30(12-4-5-13-31(24)25(28)20-32)27(33)19-29-14-16-35-17-15-29/h2-3,6-11,24-25,28,32H,4-5,12-20H2,1H3/t24-,25-,28-/m1/s1. The average molecular weight is 480 g/mol. The zero-order valence-corrected chi connectivity index (χ0v) is 20.6. The molecule has 3 heterocycles. The molecule has 0 aliphatic carbocycles. The molecule has 35 heavy (non-hydrogen) atoms. The number of amides is 1. The molecule has 0 bridgehead atoms. The number of hydrogen-bond donors (Lipinski definition) is 1. The van der Waals surface area contributed by atoms with E-state index in [4.69, 9.17) is 9.47 Å². The number of carbonyl (C=O) groups excluding carboxylic acids is 1. The number of para-hydroxylation sites is 1. The molecule has 0 aromatic heterocycles. The van der Waals surface area contributed by atoms with E-state index >= 15 is 0 Å². The normalized spacial score (nSPS) is 25.8. The lowest BCUT2D eigenvalue weighted by Crippen LogP contribution is -2.68. The van der Waals surface area contributed by atoms with E-state index in [-0.39, 0.29) is 30.5 Å². The lowest BCUT2D eigenvalue weighted by atomic mass is 9.74. The number of carbonyl (C=O) groups is 1. The van der Waals surface area contributed by atoms with E-state index in [0.29, 0.717) is 19.8 Å². The van der Waals surface area contributed by atoms with E-state index in [0.717, 1.165) is 62.4 Å². The smallest absolute Gasteiger partial charge is 0.236 e. The molecule has 1 amide bonds. The van der Waals surface area contributed by atoms with E-state index in [1.54, 1.807) is 7.11 Å². The summed E-state index contributed by atoms with van der Waals surface area (Å²) in [5.74, 6) is 1.28. The van der Waals surface area contributed by atoms with Crippen molar-refractivity contribution in [1.29, 1.82) is 0 Å². The molecule has 0 radical (unpaired) electrons. The van der Waals surface area contributed by atoms with Crippen molar-refractivity contribution < 1.29 is 19.4 Å². The first-order valence-corrected chi connectivity index (χ1v) is 12.9. The molecule has 3 aliphatic rings. The van der Waals surface area contributed by atoms with Crippen LogP contribution >= 0.6 is 0 Å². The van der Waals surface area contributed by atoms with Gasteiger partial charge in [0.2, 0.25) is 5.91 Å². The lowest BCUT2D eigenvalue weighted by molar-refractivity contribution is -0.138. The van der Waals surface area contributed by atoms with Gasteiger partial charge in [-0.1, -0.05) is 42.5 Å². The number of aliphatic hydroxyl groups excluding tert-OH is 1. The number of methoxy groups -OCH3 is 1. The fourth-order valence-corrected chi connectivity index (χ4v) is 5.99. The van der Waals surface area contributed by atoms with Crippen LogP contribution in [0, 0.1) is 0 Å². The first-order valence-electron chi connectivity index (χ1n) is 12.9. The van der Waals surface area contributed by atoms with Gasteiger partial charge in [-0.3, -0.25) is 14.6 Å². The van der Waals surface area contributed by atoms with Crippen LogP contribution in [0.4, 0.5) is 0 Å². The first kappa shape index (κ1) is 24.3. The minimum absolute atomic E-state index is 0.103. The Bertz CT molecular complexity index is 992. The Labute approximate surface area is 208 Å². The van der Waals surface area contributed by atoms with E-state index in [1.807, 2.05) is 18.2 Å². The Balaban J connectivity index is 1.33. The molecular formula is C28H37N3O4. The number of benzene rings is 2. The maximum Gasteiger partial charge on any atom is 0.236 e. The summed E-state index contributed by atoms with van der Waals surface area (Å²) in [6.07, 6.45) is 2.06. The molecule has 0 unspecified atom stereocenters. The number of fused-ring (bicyclic) bond motifs is 1. The van der Waals surface area contributed by atoms with Crippen LogP contribution in [0.1, 0.15) is 24.3 Å². The van der Waals surface area contributed by atoms with Gasteiger partial charge in [-0.15, -0.1) is 0 Å². The number of aliphatic hydroxyl groups is 1. The summed E-state index contributed by atoms with van der Waals surface area (Å²) in [5.41, 5.74) is 3.41. The second kappa shape index (κ2) is 11.1. The van der Waals surface area contributed by atoms with Gasteiger partial charge in [0, 0.05) is 49.7 Å². The van der Waals surface area contributed by atoms with Gasteiger partial charge in [-0.25, -0.2) is 0 Å². The molecule has 3 saturated heterocycles. The molecule has 5 rings (SSSR count). The Morgan fingerprint density at radius 2 is 1.77 bits per heavy atom. The molecule has 3 fully saturated rings. The predicted molar refractivity (Wildman–Crippen MR) is 136 cm³/mol. The third-order valence-electron chi connectivity index (χ3n) is 7.90. The van der Waals surface area contributed by atoms with Crippen molar-refractivity contribution in [3.05, 3.63) is 54.1 Å². The van der Waals surface area contributed by atoms with Crippen LogP contribution in [0.2, 0.25) is 0 Å². The fraction of sp³-hybridized carbons (Fsp3) is 0.536. The second-order valence-corrected chi connectivity index (χ2v) is 9.84. The number of hydrogen-bond acceptors (Lipinski definition) is 6. The zero-order chi connectivity index (χ0) is 24.2. The lowest BCUT2D eigenvalue weighted by Gasteiger charge is -2.57. The van der Waals surface area contributed by atoms with Crippen molar-refractivity contribution in [2.24, 2.45) is 0 Å². The summed E-state index contributed by atoms with van der Waals surface area (Å²) in [6, 6.07) is 17.1. The van der Waals surface area contributed by atoms with Crippen molar-refractivity contribution in [3.63, 3.8) is 0 Å². The Hall–Kier alpha value is -2.45. The van der Waals surface area contributed by atoms with Gasteiger partial charge in [0.25, 0.3) is 0 Å². The summed E-state index contributed by atoms with van der Waals surface area (Å²) < 4.78 is 11.0. The predicted octanol–water partition coefficient (Wildman–Crippen LogP) is 2.45. The zero-order valence-electron chi connectivity index (χ0n) is 20.6. The molecule has 2 aromatic rings. The number of rotatable bonds is 6. The van der Waals surface area contributed by atoms with Crippen LogP contribution in [0.3, 0.4) is 0 Å². The third-order valence-corrected chi connectivity index (χ3v) is 7.90. The van der Waals surface area contributed by atoms with Crippen LogP contribution < -0.4 is 4.74 Å². The quantitative estimate of drug-likeness (QED) is 0.687. The largest absolute Gasteiger partial charge is 0.496 e. The van der Waals surface area contributed by atoms with E-state index in [9.17, 15) is 9.90 Å². The van der Waals surface area contributed by atoms with Crippen molar-refractivity contribution in [2.75, 3.05) is 66.2 Å². The summed E-state index contributed by atoms with van der Waals surface area (Å²) >= 11 is 0. The molecule has 0 saturated carbocycles. The van der Waals surface area contributed by atoms with Gasteiger partial charge in [-0.2, -0.15) is 0 Å². The van der Waals surface area contributed by atoms with Gasteiger partial charge in [0.15, 0.2) is 0 Å². The molecule has 7 nitrogen and oxygen atoms in total. The number of ether oxygens (including phenoxy) is 2. The van der Waals surface area contributed by atoms with Crippen molar-refractivity contribution in [2.45, 2.75) is 30.8 Å². The van der Waals surface area contributed by atoms with Crippen molar-refractivity contribution in [3.8, 4) is 16.9 Å². The first-order chi connectivity index (χ1) is 17.2. The van der Waals surface area contributed by atoms with Crippen LogP contribution in [0.25, 0.3) is 11.1 Å². The molecule has 3 atom stereocenters. The highest BCUT2D eigenvalue weighted by Gasteiger charge is 2.49. The number of morpholine rings is 1.